The fourth-order valence-corrected chi connectivity index (χ4v) is 3.57. The zero-order valence-electron chi connectivity index (χ0n) is 19.2. The highest BCUT2D eigenvalue weighted by Crippen LogP contribution is 2.17. The lowest BCUT2D eigenvalue weighted by atomic mass is 10.1. The maximum atomic E-state index is 13.0. The molecule has 0 atom stereocenters. The molecule has 0 unspecified atom stereocenters. The Labute approximate surface area is 199 Å². The van der Waals surface area contributed by atoms with E-state index in [9.17, 15) is 4.79 Å². The number of pyridine rings is 1. The van der Waals surface area contributed by atoms with Crippen molar-refractivity contribution in [1.82, 2.24) is 15.2 Å². The molecule has 2 heterocycles. The number of hydrogen-bond donors (Lipinski definition) is 2. The number of anilines is 1. The molecule has 1 amide bonds. The van der Waals surface area contributed by atoms with E-state index < -0.39 is 0 Å². The average molecular weight is 460 g/mol. The van der Waals surface area contributed by atoms with Gasteiger partial charge in [0, 0.05) is 49.3 Å². The fourth-order valence-electron chi connectivity index (χ4n) is 3.57. The standard InChI is InChI=1S/C26H29N5O3/c1-33-24-4-2-3-23(17-24)29-26(28-18-20-9-11-27-12-10-20)30-25(32)22-7-5-21(6-8-22)19-31-13-15-34-16-14-31/h2-12,17H,13-16,18-19H2,1H3,(H2,28,29,30,32). The predicted molar refractivity (Wildman–Crippen MR) is 132 cm³/mol. The van der Waals surface area contributed by atoms with Crippen LogP contribution in [0.4, 0.5) is 5.69 Å². The molecule has 3 aromatic rings. The number of aliphatic imine (C=N–C) groups is 1. The summed E-state index contributed by atoms with van der Waals surface area (Å²) in [5.41, 5.74) is 3.48. The van der Waals surface area contributed by atoms with Gasteiger partial charge < -0.3 is 14.8 Å². The van der Waals surface area contributed by atoms with Gasteiger partial charge in [-0.2, -0.15) is 0 Å². The Morgan fingerprint density at radius 2 is 1.82 bits per heavy atom. The third kappa shape index (κ3) is 6.87. The normalized spacial score (nSPS) is 14.4. The summed E-state index contributed by atoms with van der Waals surface area (Å²) in [6.45, 7) is 4.63. The Hall–Kier alpha value is -3.75. The van der Waals surface area contributed by atoms with E-state index in [1.807, 2.05) is 60.7 Å². The first-order valence-electron chi connectivity index (χ1n) is 11.2. The van der Waals surface area contributed by atoms with Crippen molar-refractivity contribution in [2.75, 3.05) is 38.7 Å². The van der Waals surface area contributed by atoms with Gasteiger partial charge in [-0.1, -0.05) is 18.2 Å². The van der Waals surface area contributed by atoms with Crippen molar-refractivity contribution in [1.29, 1.82) is 0 Å². The fraction of sp³-hybridized carbons (Fsp3) is 0.269. The van der Waals surface area contributed by atoms with Crippen LogP contribution in [0.15, 0.2) is 78.0 Å². The molecule has 0 bridgehead atoms. The van der Waals surface area contributed by atoms with Crippen LogP contribution in [0.3, 0.4) is 0 Å². The lowest BCUT2D eigenvalue weighted by Gasteiger charge is -2.26. The highest BCUT2D eigenvalue weighted by atomic mass is 16.5. The van der Waals surface area contributed by atoms with E-state index in [0.717, 1.165) is 44.1 Å². The van der Waals surface area contributed by atoms with Crippen LogP contribution in [0.2, 0.25) is 0 Å². The molecule has 8 nitrogen and oxygen atoms in total. The first kappa shape index (κ1) is 23.4. The Morgan fingerprint density at radius 3 is 2.56 bits per heavy atom. The van der Waals surface area contributed by atoms with Gasteiger partial charge in [-0.25, -0.2) is 4.99 Å². The van der Waals surface area contributed by atoms with Crippen molar-refractivity contribution in [3.05, 3.63) is 89.7 Å². The van der Waals surface area contributed by atoms with Crippen molar-refractivity contribution >= 4 is 17.6 Å². The second kappa shape index (κ2) is 11.9. The number of carbonyl (C=O) groups is 1. The van der Waals surface area contributed by atoms with Crippen LogP contribution in [0.5, 0.6) is 5.75 Å². The largest absolute Gasteiger partial charge is 0.497 e. The molecule has 1 saturated heterocycles. The summed E-state index contributed by atoms with van der Waals surface area (Å²) in [6.07, 6.45) is 3.44. The number of aromatic nitrogens is 1. The SMILES string of the molecule is COc1cccc(NC(=NCc2ccncc2)NC(=O)c2ccc(CN3CCOCC3)cc2)c1. The maximum Gasteiger partial charge on any atom is 0.257 e. The number of rotatable bonds is 7. The number of morpholine rings is 1. The minimum atomic E-state index is -0.234. The van der Waals surface area contributed by atoms with Gasteiger partial charge in [-0.15, -0.1) is 0 Å². The summed E-state index contributed by atoms with van der Waals surface area (Å²) < 4.78 is 10.7. The number of methoxy groups -OCH3 is 1. The third-order valence-corrected chi connectivity index (χ3v) is 5.46. The van der Waals surface area contributed by atoms with Crippen molar-refractivity contribution in [3.63, 3.8) is 0 Å². The molecular weight excluding hydrogens is 430 g/mol. The van der Waals surface area contributed by atoms with Crippen LogP contribution < -0.4 is 15.4 Å². The maximum absolute atomic E-state index is 13.0. The Bertz CT molecular complexity index is 1100. The lowest BCUT2D eigenvalue weighted by molar-refractivity contribution is 0.0342. The molecule has 0 radical (unpaired) electrons. The van der Waals surface area contributed by atoms with Gasteiger partial charge in [-0.3, -0.25) is 20.0 Å². The molecular formula is C26H29N5O3. The van der Waals surface area contributed by atoms with E-state index in [1.54, 1.807) is 19.5 Å². The zero-order valence-corrected chi connectivity index (χ0v) is 19.2. The summed E-state index contributed by atoms with van der Waals surface area (Å²) in [5, 5.41) is 6.10. The van der Waals surface area contributed by atoms with Crippen LogP contribution in [0.1, 0.15) is 21.5 Å². The molecule has 0 saturated carbocycles. The van der Waals surface area contributed by atoms with E-state index in [0.29, 0.717) is 23.8 Å². The summed E-state index contributed by atoms with van der Waals surface area (Å²) in [7, 11) is 1.61. The molecule has 2 aromatic carbocycles. The van der Waals surface area contributed by atoms with Crippen molar-refractivity contribution in [2.45, 2.75) is 13.1 Å². The van der Waals surface area contributed by atoms with Gasteiger partial charge in [0.1, 0.15) is 5.75 Å². The smallest absolute Gasteiger partial charge is 0.257 e. The average Bonchev–Trinajstić information content (AvgIpc) is 2.89. The minimum Gasteiger partial charge on any atom is -0.497 e. The number of carbonyl (C=O) groups excluding carboxylic acids is 1. The topological polar surface area (TPSA) is 88.1 Å². The monoisotopic (exact) mass is 459 g/mol. The number of guanidine groups is 1. The first-order chi connectivity index (χ1) is 16.7. The first-order valence-corrected chi connectivity index (χ1v) is 11.2. The van der Waals surface area contributed by atoms with E-state index in [-0.39, 0.29) is 5.91 Å². The van der Waals surface area contributed by atoms with Crippen LogP contribution in [-0.2, 0) is 17.8 Å². The molecule has 0 spiro atoms. The minimum absolute atomic E-state index is 0.234. The lowest BCUT2D eigenvalue weighted by Crippen LogP contribution is -2.36. The number of nitrogens with one attached hydrogen (secondary N) is 2. The Balaban J connectivity index is 1.45. The predicted octanol–water partition coefficient (Wildman–Crippen LogP) is 3.32. The quantitative estimate of drug-likeness (QED) is 0.416. The van der Waals surface area contributed by atoms with Gasteiger partial charge in [0.05, 0.1) is 26.9 Å². The van der Waals surface area contributed by atoms with Gasteiger partial charge >= 0.3 is 0 Å². The molecule has 8 heteroatoms. The van der Waals surface area contributed by atoms with Crippen molar-refractivity contribution in [2.24, 2.45) is 4.99 Å². The molecule has 4 rings (SSSR count). The van der Waals surface area contributed by atoms with Crippen molar-refractivity contribution < 1.29 is 14.3 Å². The Morgan fingerprint density at radius 1 is 1.06 bits per heavy atom. The number of nitrogens with zero attached hydrogens (tertiary/aromatic N) is 3. The molecule has 1 aliphatic heterocycles. The van der Waals surface area contributed by atoms with Crippen molar-refractivity contribution in [3.8, 4) is 5.75 Å². The summed E-state index contributed by atoms with van der Waals surface area (Å²) in [4.78, 5) is 24.0. The Kier molecular flexibility index (Phi) is 8.21. The van der Waals surface area contributed by atoms with Crippen LogP contribution in [-0.4, -0.2) is 55.2 Å². The molecule has 0 aliphatic carbocycles. The van der Waals surface area contributed by atoms with E-state index in [4.69, 9.17) is 9.47 Å². The zero-order chi connectivity index (χ0) is 23.6. The molecule has 34 heavy (non-hydrogen) atoms. The second-order valence-electron chi connectivity index (χ2n) is 7.92. The molecule has 1 aromatic heterocycles. The molecule has 2 N–H and O–H groups in total. The highest BCUT2D eigenvalue weighted by molar-refractivity contribution is 6.10. The van der Waals surface area contributed by atoms with E-state index >= 15 is 0 Å². The summed E-state index contributed by atoms with van der Waals surface area (Å²) in [6, 6.07) is 18.9. The van der Waals surface area contributed by atoms with Gasteiger partial charge in [0.25, 0.3) is 5.91 Å². The van der Waals surface area contributed by atoms with E-state index in [1.165, 1.54) is 5.56 Å². The number of hydrogen-bond acceptors (Lipinski definition) is 6. The third-order valence-electron chi connectivity index (χ3n) is 5.46. The van der Waals surface area contributed by atoms with Crippen LogP contribution >= 0.6 is 0 Å². The molecule has 1 aliphatic rings. The van der Waals surface area contributed by atoms with E-state index in [2.05, 4.69) is 25.5 Å². The highest BCUT2D eigenvalue weighted by Gasteiger charge is 2.13. The molecule has 1 fully saturated rings. The van der Waals surface area contributed by atoms with Crippen LogP contribution in [0.25, 0.3) is 0 Å². The van der Waals surface area contributed by atoms with Gasteiger partial charge in [-0.05, 0) is 47.5 Å². The van der Waals surface area contributed by atoms with Gasteiger partial charge in [0.15, 0.2) is 0 Å². The molecule has 176 valence electrons. The number of amides is 1. The number of benzene rings is 2. The summed E-state index contributed by atoms with van der Waals surface area (Å²) >= 11 is 0. The van der Waals surface area contributed by atoms with Gasteiger partial charge in [0.2, 0.25) is 5.96 Å². The second-order valence-corrected chi connectivity index (χ2v) is 7.92. The number of ether oxygens (including phenoxy) is 2. The summed E-state index contributed by atoms with van der Waals surface area (Å²) in [5.74, 6) is 0.829. The van der Waals surface area contributed by atoms with Crippen LogP contribution in [0, 0.1) is 0 Å².